The molecule has 0 spiro atoms. The van der Waals surface area contributed by atoms with Gasteiger partial charge in [-0.1, -0.05) is 23.7 Å². The van der Waals surface area contributed by atoms with Crippen LogP contribution in [0.25, 0.3) is 0 Å². The quantitative estimate of drug-likeness (QED) is 0.162. The smallest absolute Gasteiger partial charge is 0.262 e. The Morgan fingerprint density at radius 1 is 0.846 bits per heavy atom. The zero-order chi connectivity index (χ0) is 45.6. The number of anilines is 7. The normalized spacial score (nSPS) is 20.1. The molecule has 3 N–H and O–H groups in total. The van der Waals surface area contributed by atoms with Crippen molar-refractivity contribution in [2.45, 2.75) is 37.8 Å². The van der Waals surface area contributed by atoms with Gasteiger partial charge in [0.15, 0.2) is 5.82 Å². The second-order valence-electron chi connectivity index (χ2n) is 17.3. The van der Waals surface area contributed by atoms with E-state index in [1.54, 1.807) is 43.5 Å². The molecule has 0 aliphatic carbocycles. The molecule has 1 unspecified atom stereocenters. The van der Waals surface area contributed by atoms with Gasteiger partial charge in [0.1, 0.15) is 16.8 Å². The summed E-state index contributed by atoms with van der Waals surface area (Å²) in [5, 5.41) is 8.92. The second kappa shape index (κ2) is 18.1. The Bertz CT molecular complexity index is 2630. The number of carbonyl (C=O) groups excluding carboxylic acids is 4. The summed E-state index contributed by atoms with van der Waals surface area (Å²) in [6.07, 6.45) is 4.98. The van der Waals surface area contributed by atoms with Gasteiger partial charge in [-0.05, 0) is 61.7 Å². The summed E-state index contributed by atoms with van der Waals surface area (Å²) < 4.78 is 31.5. The van der Waals surface area contributed by atoms with Crippen LogP contribution >= 0.6 is 11.6 Å². The van der Waals surface area contributed by atoms with E-state index < -0.39 is 39.7 Å². The highest BCUT2D eigenvalue weighted by atomic mass is 35.5. The first kappa shape index (κ1) is 44.2. The lowest BCUT2D eigenvalue weighted by molar-refractivity contribution is -0.136. The predicted octanol–water partition coefficient (Wildman–Crippen LogP) is 4.15. The van der Waals surface area contributed by atoms with Gasteiger partial charge in [-0.3, -0.25) is 38.6 Å². The predicted molar refractivity (Wildman–Crippen MR) is 248 cm³/mol. The van der Waals surface area contributed by atoms with Crippen LogP contribution in [0.3, 0.4) is 0 Å². The third-order valence-corrected chi connectivity index (χ3v) is 14.7. The monoisotopic (exact) mass is 925 g/mol. The highest BCUT2D eigenvalue weighted by Crippen LogP contribution is 2.37. The minimum atomic E-state index is -3.51. The van der Waals surface area contributed by atoms with Crippen molar-refractivity contribution < 1.29 is 32.3 Å². The number of hydrogen-bond donors (Lipinski definition) is 3. The van der Waals surface area contributed by atoms with Crippen LogP contribution in [0, 0.1) is 5.92 Å². The number of benzene rings is 3. The van der Waals surface area contributed by atoms with E-state index >= 15 is 0 Å². The van der Waals surface area contributed by atoms with Crippen molar-refractivity contribution in [3.05, 3.63) is 83.0 Å². The highest BCUT2D eigenvalue weighted by molar-refractivity contribution is 7.92. The molecule has 65 heavy (non-hydrogen) atoms. The zero-order valence-corrected chi connectivity index (χ0v) is 38.1. The van der Waals surface area contributed by atoms with E-state index in [9.17, 15) is 27.6 Å². The number of piperidine rings is 2. The molecule has 4 saturated heterocycles. The summed E-state index contributed by atoms with van der Waals surface area (Å²) in [7, 11) is -0.392. The minimum Gasteiger partial charge on any atom is -0.494 e. The highest BCUT2D eigenvalue weighted by Gasteiger charge is 2.45. The summed E-state index contributed by atoms with van der Waals surface area (Å²) in [6, 6.07) is 17.9. The average Bonchev–Trinajstić information content (AvgIpc) is 3.53. The topological polar surface area (TPSA) is 193 Å². The number of para-hydroxylation sites is 2. The van der Waals surface area contributed by atoms with Crippen LogP contribution in [0.15, 0.2) is 66.9 Å². The Morgan fingerprint density at radius 2 is 1.55 bits per heavy atom. The summed E-state index contributed by atoms with van der Waals surface area (Å²) in [4.78, 5) is 70.3. The number of nitrogens with one attached hydrogen (secondary N) is 3. The lowest BCUT2D eigenvalue weighted by Gasteiger charge is -2.46. The van der Waals surface area contributed by atoms with E-state index in [1.165, 1.54) is 17.5 Å². The summed E-state index contributed by atoms with van der Waals surface area (Å²) in [5.74, 6) is -0.233. The van der Waals surface area contributed by atoms with Crippen LogP contribution < -0.4 is 34.8 Å². The first-order chi connectivity index (χ1) is 31.2. The number of aromatic nitrogens is 2. The largest absolute Gasteiger partial charge is 0.494 e. The first-order valence-corrected chi connectivity index (χ1v) is 24.1. The van der Waals surface area contributed by atoms with Crippen LogP contribution in [0.1, 0.15) is 46.4 Å². The lowest BCUT2D eigenvalue weighted by atomic mass is 9.96. The maximum Gasteiger partial charge on any atom is 0.262 e. The average molecular weight is 927 g/mol. The van der Waals surface area contributed by atoms with Crippen molar-refractivity contribution in [2.75, 3.05) is 104 Å². The van der Waals surface area contributed by atoms with Gasteiger partial charge in [-0.15, -0.1) is 0 Å². The van der Waals surface area contributed by atoms with E-state index in [2.05, 4.69) is 51.6 Å². The number of halogens is 1. The van der Waals surface area contributed by atoms with Crippen LogP contribution in [0.4, 0.5) is 40.2 Å². The number of carbonyl (C=O) groups is 4. The second-order valence-corrected chi connectivity index (χ2v) is 19.7. The molecule has 342 valence electrons. The first-order valence-electron chi connectivity index (χ1n) is 21.8. The molecule has 0 saturated carbocycles. The number of imide groups is 2. The molecule has 4 aromatic rings. The van der Waals surface area contributed by atoms with E-state index in [1.807, 2.05) is 18.2 Å². The molecule has 5 aliphatic heterocycles. The Kier molecular flexibility index (Phi) is 12.3. The zero-order valence-electron chi connectivity index (χ0n) is 36.5. The van der Waals surface area contributed by atoms with Crippen molar-refractivity contribution in [1.82, 2.24) is 30.0 Å². The van der Waals surface area contributed by atoms with E-state index in [-0.39, 0.29) is 23.8 Å². The SMILES string of the molecule is COc1cc(N2CCC(N3CCN(CC4CN(c5ccc6c(c5)C(=O)N(C5CCC(=O)NC5=O)C6=O)C4)CC3)CC2)ccc1Nc1ncc(Cl)c(Nc2ccccc2N(C)S(C)(=O)=O)n1. The molecule has 20 heteroatoms. The number of nitrogens with zero attached hydrogens (tertiary/aromatic N) is 8. The summed E-state index contributed by atoms with van der Waals surface area (Å²) in [5.41, 5.74) is 4.22. The summed E-state index contributed by atoms with van der Waals surface area (Å²) >= 11 is 6.48. The molecule has 0 radical (unpaired) electrons. The van der Waals surface area contributed by atoms with Crippen molar-refractivity contribution in [3.63, 3.8) is 0 Å². The van der Waals surface area contributed by atoms with Crippen LogP contribution in [-0.4, -0.2) is 148 Å². The fraction of sp³-hybridized carbons (Fsp3) is 0.422. The van der Waals surface area contributed by atoms with E-state index in [0.717, 1.165) is 94.3 Å². The van der Waals surface area contributed by atoms with Crippen molar-refractivity contribution in [2.24, 2.45) is 5.92 Å². The number of methoxy groups -OCH3 is 1. The Balaban J connectivity index is 0.732. The van der Waals surface area contributed by atoms with Gasteiger partial charge in [0.25, 0.3) is 11.8 Å². The molecule has 9 rings (SSSR count). The molecular formula is C45H52ClN11O7S. The number of sulfonamides is 1. The molecule has 4 amide bonds. The molecule has 1 aromatic heterocycles. The molecule has 5 aliphatic rings. The van der Waals surface area contributed by atoms with Crippen molar-refractivity contribution >= 4 is 85.5 Å². The molecule has 3 aromatic carbocycles. The number of piperazine rings is 1. The number of rotatable bonds is 13. The van der Waals surface area contributed by atoms with Gasteiger partial charge in [0.05, 0.1) is 47.8 Å². The third-order valence-electron chi connectivity index (χ3n) is 13.2. The van der Waals surface area contributed by atoms with Gasteiger partial charge in [0.2, 0.25) is 27.8 Å². The van der Waals surface area contributed by atoms with Gasteiger partial charge in [-0.25, -0.2) is 13.4 Å². The van der Waals surface area contributed by atoms with Crippen LogP contribution in [-0.2, 0) is 19.6 Å². The molecule has 4 fully saturated rings. The maximum atomic E-state index is 13.3. The lowest BCUT2D eigenvalue weighted by Crippen LogP contribution is -2.57. The maximum absolute atomic E-state index is 13.3. The number of hydrogen-bond acceptors (Lipinski definition) is 15. The van der Waals surface area contributed by atoms with Crippen LogP contribution in [0.2, 0.25) is 5.02 Å². The van der Waals surface area contributed by atoms with E-state index in [0.29, 0.717) is 51.7 Å². The third kappa shape index (κ3) is 9.14. The fourth-order valence-corrected chi connectivity index (χ4v) is 10.1. The fourth-order valence-electron chi connectivity index (χ4n) is 9.49. The molecule has 0 bridgehead atoms. The number of ether oxygens (including phenoxy) is 1. The number of fused-ring (bicyclic) bond motifs is 1. The molecule has 6 heterocycles. The molecule has 1 atom stereocenters. The molecule has 18 nitrogen and oxygen atoms in total. The van der Waals surface area contributed by atoms with Gasteiger partial charge in [-0.2, -0.15) is 4.98 Å². The number of amides is 4. The van der Waals surface area contributed by atoms with Gasteiger partial charge >= 0.3 is 0 Å². The Labute approximate surface area is 382 Å². The Hall–Kier alpha value is -6.02. The molecular weight excluding hydrogens is 874 g/mol. The van der Waals surface area contributed by atoms with E-state index in [4.69, 9.17) is 16.3 Å². The summed E-state index contributed by atoms with van der Waals surface area (Å²) in [6.45, 7) is 8.74. The van der Waals surface area contributed by atoms with Gasteiger partial charge in [0, 0.05) is 102 Å². The minimum absolute atomic E-state index is 0.0916. The Morgan fingerprint density at radius 3 is 2.28 bits per heavy atom. The van der Waals surface area contributed by atoms with Gasteiger partial charge < -0.3 is 30.1 Å². The van der Waals surface area contributed by atoms with Crippen molar-refractivity contribution in [1.29, 1.82) is 0 Å². The standard InChI is InChI=1S/C45H52ClN11O7S/c1-52(65(3,62)63)37-7-5-4-6-35(37)48-41-34(46)24-47-45(51-41)49-36-11-9-31(23-39(36)64-2)54-16-14-29(15-17-54)55-20-18-53(19-21-55)25-28-26-56(27-28)30-8-10-32-33(22-30)44(61)57(43(32)60)38-12-13-40(58)50-42(38)59/h4-11,22-24,28-29,38H,12-21,25-27H2,1-3H3,(H,50,58,59)(H2,47,48,49,51). The van der Waals surface area contributed by atoms with Crippen molar-refractivity contribution in [3.8, 4) is 5.75 Å². The van der Waals surface area contributed by atoms with Crippen LogP contribution in [0.5, 0.6) is 5.75 Å².